The Morgan fingerprint density at radius 1 is 0.333 bits per heavy atom. The highest BCUT2D eigenvalue weighted by Gasteiger charge is 2.17. The molecule has 0 saturated heterocycles. The SMILES string of the molecule is c1ccc(-c2ccc(N(c3ccc(-c4ccc5c(c4)oc4cc6oc(-c7ccccc7)nc6cc45)cc3)c3cccc(-c4cccc5ccccc45)c3)cc2)cc1. The lowest BCUT2D eigenvalue weighted by molar-refractivity contribution is 0.617. The van der Waals surface area contributed by atoms with E-state index in [9.17, 15) is 0 Å². The highest BCUT2D eigenvalue weighted by atomic mass is 16.4. The maximum atomic E-state index is 6.44. The fourth-order valence-corrected chi connectivity index (χ4v) is 8.06. The van der Waals surface area contributed by atoms with Gasteiger partial charge in [0.05, 0.1) is 0 Å². The normalized spacial score (nSPS) is 11.5. The molecule has 2 aromatic heterocycles. The van der Waals surface area contributed by atoms with Crippen LogP contribution in [0.5, 0.6) is 0 Å². The molecular weight excluding hydrogens is 697 g/mol. The van der Waals surface area contributed by atoms with Crippen LogP contribution in [0.15, 0.2) is 215 Å². The highest BCUT2D eigenvalue weighted by molar-refractivity contribution is 6.09. The zero-order chi connectivity index (χ0) is 37.7. The average Bonchev–Trinajstić information content (AvgIpc) is 3.87. The third-order valence-corrected chi connectivity index (χ3v) is 10.9. The largest absolute Gasteiger partial charge is 0.456 e. The van der Waals surface area contributed by atoms with Gasteiger partial charge < -0.3 is 13.7 Å². The molecule has 0 aliphatic carbocycles. The second-order valence-corrected chi connectivity index (χ2v) is 14.4. The topological polar surface area (TPSA) is 42.4 Å². The number of aromatic nitrogens is 1. The van der Waals surface area contributed by atoms with Crippen molar-refractivity contribution in [2.24, 2.45) is 0 Å². The van der Waals surface area contributed by atoms with E-state index in [0.29, 0.717) is 11.5 Å². The number of benzene rings is 9. The predicted molar refractivity (Wildman–Crippen MR) is 235 cm³/mol. The molecule has 4 nitrogen and oxygen atoms in total. The van der Waals surface area contributed by atoms with Crippen molar-refractivity contribution in [1.82, 2.24) is 4.98 Å². The third-order valence-electron chi connectivity index (χ3n) is 10.9. The number of nitrogens with zero attached hydrogens (tertiary/aromatic N) is 2. The first-order valence-corrected chi connectivity index (χ1v) is 19.2. The van der Waals surface area contributed by atoms with Gasteiger partial charge in [-0.25, -0.2) is 4.98 Å². The number of furan rings is 1. The van der Waals surface area contributed by atoms with Crippen molar-refractivity contribution in [3.8, 4) is 44.8 Å². The van der Waals surface area contributed by atoms with Gasteiger partial charge in [0.1, 0.15) is 16.7 Å². The molecule has 57 heavy (non-hydrogen) atoms. The summed E-state index contributed by atoms with van der Waals surface area (Å²) in [6, 6.07) is 72.6. The van der Waals surface area contributed by atoms with Crippen LogP contribution in [0.2, 0.25) is 0 Å². The minimum Gasteiger partial charge on any atom is -0.456 e. The molecule has 0 spiro atoms. The van der Waals surface area contributed by atoms with E-state index >= 15 is 0 Å². The summed E-state index contributed by atoms with van der Waals surface area (Å²) in [5.74, 6) is 0.605. The van der Waals surface area contributed by atoms with Crippen molar-refractivity contribution in [3.63, 3.8) is 0 Å². The van der Waals surface area contributed by atoms with E-state index in [2.05, 4.69) is 175 Å². The first kappa shape index (κ1) is 32.7. The maximum absolute atomic E-state index is 6.44. The van der Waals surface area contributed by atoms with Gasteiger partial charge in [-0.15, -0.1) is 0 Å². The number of hydrogen-bond acceptors (Lipinski definition) is 4. The van der Waals surface area contributed by atoms with Gasteiger partial charge in [-0.1, -0.05) is 133 Å². The van der Waals surface area contributed by atoms with Gasteiger partial charge >= 0.3 is 0 Å². The molecular formula is C53H34N2O2. The Hall–Kier alpha value is -7.69. The molecule has 0 N–H and O–H groups in total. The summed E-state index contributed by atoms with van der Waals surface area (Å²) < 4.78 is 12.6. The maximum Gasteiger partial charge on any atom is 0.227 e. The Bertz CT molecular complexity index is 3210. The van der Waals surface area contributed by atoms with E-state index in [4.69, 9.17) is 13.8 Å². The van der Waals surface area contributed by atoms with Crippen molar-refractivity contribution in [1.29, 1.82) is 0 Å². The van der Waals surface area contributed by atoms with Crippen molar-refractivity contribution < 1.29 is 8.83 Å². The van der Waals surface area contributed by atoms with Crippen LogP contribution >= 0.6 is 0 Å². The zero-order valence-electron chi connectivity index (χ0n) is 30.8. The first-order valence-electron chi connectivity index (χ1n) is 19.2. The van der Waals surface area contributed by atoms with Crippen molar-refractivity contribution in [3.05, 3.63) is 206 Å². The standard InChI is InChI=1S/C53H34N2O2/c1-3-11-35(12-4-1)36-21-26-42(27-22-36)55(44-18-9-17-41(31-44)46-20-10-16-38-13-7-8-19-45(38)46)43-28-23-37(24-29-43)40-25-30-47-48-33-49-52(34-51(48)56-50(47)32-40)57-53(54-49)39-14-5-2-6-15-39/h1-34H. The Labute approximate surface area is 329 Å². The van der Waals surface area contributed by atoms with Crippen LogP contribution in [-0.4, -0.2) is 4.98 Å². The summed E-state index contributed by atoms with van der Waals surface area (Å²) in [4.78, 5) is 7.12. The minimum absolute atomic E-state index is 0.605. The number of rotatable bonds is 7. The van der Waals surface area contributed by atoms with Crippen LogP contribution < -0.4 is 4.90 Å². The Kier molecular flexibility index (Phi) is 7.78. The first-order chi connectivity index (χ1) is 28.2. The summed E-state index contributed by atoms with van der Waals surface area (Å²) >= 11 is 0. The van der Waals surface area contributed by atoms with Crippen LogP contribution in [0, 0.1) is 0 Å². The lowest BCUT2D eigenvalue weighted by Crippen LogP contribution is -2.10. The van der Waals surface area contributed by atoms with Gasteiger partial charge in [0.15, 0.2) is 5.58 Å². The summed E-state index contributed by atoms with van der Waals surface area (Å²) in [7, 11) is 0. The number of fused-ring (bicyclic) bond motifs is 5. The number of oxazole rings is 1. The van der Waals surface area contributed by atoms with Gasteiger partial charge in [-0.2, -0.15) is 0 Å². The molecule has 0 aliphatic heterocycles. The second-order valence-electron chi connectivity index (χ2n) is 14.4. The Morgan fingerprint density at radius 3 is 1.70 bits per heavy atom. The molecule has 4 heteroatoms. The monoisotopic (exact) mass is 730 g/mol. The molecule has 0 bridgehead atoms. The van der Waals surface area contributed by atoms with Crippen LogP contribution in [-0.2, 0) is 0 Å². The lowest BCUT2D eigenvalue weighted by atomic mass is 9.97. The zero-order valence-corrected chi connectivity index (χ0v) is 30.8. The number of anilines is 3. The molecule has 9 aromatic carbocycles. The van der Waals surface area contributed by atoms with E-state index in [-0.39, 0.29) is 0 Å². The van der Waals surface area contributed by atoms with Crippen LogP contribution in [0.3, 0.4) is 0 Å². The fourth-order valence-electron chi connectivity index (χ4n) is 8.06. The number of hydrogen-bond donors (Lipinski definition) is 0. The van der Waals surface area contributed by atoms with Crippen molar-refractivity contribution in [2.75, 3.05) is 4.90 Å². The molecule has 0 radical (unpaired) electrons. The van der Waals surface area contributed by atoms with Crippen molar-refractivity contribution in [2.45, 2.75) is 0 Å². The quantitative estimate of drug-likeness (QED) is 0.164. The van der Waals surface area contributed by atoms with E-state index in [1.807, 2.05) is 36.4 Å². The lowest BCUT2D eigenvalue weighted by Gasteiger charge is -2.26. The van der Waals surface area contributed by atoms with Gasteiger partial charge in [0, 0.05) is 39.5 Å². The minimum atomic E-state index is 0.605. The highest BCUT2D eigenvalue weighted by Crippen LogP contribution is 2.41. The van der Waals surface area contributed by atoms with E-state index < -0.39 is 0 Å². The van der Waals surface area contributed by atoms with Gasteiger partial charge in [0.2, 0.25) is 5.89 Å². The second kappa shape index (κ2) is 13.6. The van der Waals surface area contributed by atoms with E-state index in [1.54, 1.807) is 0 Å². The fraction of sp³-hybridized carbons (Fsp3) is 0. The van der Waals surface area contributed by atoms with Crippen LogP contribution in [0.25, 0.3) is 88.6 Å². The molecule has 0 fully saturated rings. The van der Waals surface area contributed by atoms with Crippen molar-refractivity contribution >= 4 is 60.9 Å². The summed E-state index contributed by atoms with van der Waals surface area (Å²) in [5.41, 5.74) is 14.3. The average molecular weight is 731 g/mol. The van der Waals surface area contributed by atoms with Crippen LogP contribution in [0.4, 0.5) is 17.1 Å². The predicted octanol–water partition coefficient (Wildman–Crippen LogP) is 15.0. The Morgan fingerprint density at radius 2 is 0.930 bits per heavy atom. The summed E-state index contributed by atoms with van der Waals surface area (Å²) in [6.07, 6.45) is 0. The molecule has 11 aromatic rings. The van der Waals surface area contributed by atoms with Gasteiger partial charge in [-0.05, 0) is 111 Å². The van der Waals surface area contributed by atoms with Crippen LogP contribution in [0.1, 0.15) is 0 Å². The summed E-state index contributed by atoms with van der Waals surface area (Å²) in [6.45, 7) is 0. The smallest absolute Gasteiger partial charge is 0.227 e. The third kappa shape index (κ3) is 5.92. The molecule has 0 amide bonds. The summed E-state index contributed by atoms with van der Waals surface area (Å²) in [5, 5.41) is 4.54. The molecule has 0 unspecified atom stereocenters. The molecule has 2 heterocycles. The van der Waals surface area contributed by atoms with Gasteiger partial charge in [-0.3, -0.25) is 0 Å². The molecule has 0 saturated carbocycles. The molecule has 11 rings (SSSR count). The molecule has 0 aliphatic rings. The van der Waals surface area contributed by atoms with E-state index in [1.165, 1.54) is 33.0 Å². The van der Waals surface area contributed by atoms with E-state index in [0.717, 1.165) is 61.2 Å². The molecule has 0 atom stereocenters. The Balaban J connectivity index is 0.960. The van der Waals surface area contributed by atoms with Gasteiger partial charge in [0.25, 0.3) is 0 Å². The molecule has 268 valence electrons.